The Balaban J connectivity index is 1.51. The van der Waals surface area contributed by atoms with Gasteiger partial charge in [0.05, 0.1) is 24.8 Å². The third-order valence-corrected chi connectivity index (χ3v) is 4.45. The molecule has 1 aliphatic heterocycles. The summed E-state index contributed by atoms with van der Waals surface area (Å²) in [5, 5.41) is 7.29. The van der Waals surface area contributed by atoms with Gasteiger partial charge in [0.2, 0.25) is 5.91 Å². The van der Waals surface area contributed by atoms with Crippen molar-refractivity contribution in [1.29, 1.82) is 0 Å². The summed E-state index contributed by atoms with van der Waals surface area (Å²) in [6, 6.07) is 12.3. The molecule has 6 nitrogen and oxygen atoms in total. The number of nitrogens with one attached hydrogen (secondary N) is 1. The molecular formula is C19H26N4O2. The number of rotatable bonds is 6. The van der Waals surface area contributed by atoms with Crippen LogP contribution in [0.15, 0.2) is 36.4 Å². The first-order chi connectivity index (χ1) is 12.1. The number of benzene rings is 1. The number of anilines is 1. The molecule has 1 aliphatic rings. The largest absolute Gasteiger partial charge is 0.375 e. The van der Waals surface area contributed by atoms with Crippen LogP contribution in [0.5, 0.6) is 0 Å². The molecule has 25 heavy (non-hydrogen) atoms. The van der Waals surface area contributed by atoms with Crippen molar-refractivity contribution in [2.75, 3.05) is 25.0 Å². The highest BCUT2D eigenvalue weighted by Gasteiger charge is 2.23. The van der Waals surface area contributed by atoms with Crippen molar-refractivity contribution in [3.05, 3.63) is 47.7 Å². The molecule has 0 radical (unpaired) electrons. The Morgan fingerprint density at radius 3 is 2.88 bits per heavy atom. The molecule has 0 saturated carbocycles. The summed E-state index contributed by atoms with van der Waals surface area (Å²) in [6.45, 7) is 5.27. The second-order valence-corrected chi connectivity index (χ2v) is 6.46. The molecule has 134 valence electrons. The minimum atomic E-state index is -0.0728. The van der Waals surface area contributed by atoms with Crippen LogP contribution in [0.3, 0.4) is 0 Å². The molecule has 1 saturated heterocycles. The highest BCUT2D eigenvalue weighted by molar-refractivity contribution is 5.90. The Morgan fingerprint density at radius 2 is 2.16 bits per heavy atom. The first-order valence-electron chi connectivity index (χ1n) is 8.84. The molecule has 6 heteroatoms. The van der Waals surface area contributed by atoms with Gasteiger partial charge in [-0.1, -0.05) is 37.3 Å². The van der Waals surface area contributed by atoms with Crippen molar-refractivity contribution in [3.8, 4) is 0 Å². The zero-order chi connectivity index (χ0) is 17.6. The molecule has 0 bridgehead atoms. The highest BCUT2D eigenvalue weighted by Crippen LogP contribution is 2.15. The van der Waals surface area contributed by atoms with Gasteiger partial charge in [-0.2, -0.15) is 5.10 Å². The lowest BCUT2D eigenvalue weighted by molar-refractivity contribution is -0.121. The first kappa shape index (κ1) is 17.6. The first-order valence-corrected chi connectivity index (χ1v) is 8.84. The highest BCUT2D eigenvalue weighted by atomic mass is 16.5. The second-order valence-electron chi connectivity index (χ2n) is 6.46. The number of hydrogen-bond acceptors (Lipinski definition) is 4. The van der Waals surface area contributed by atoms with Crippen molar-refractivity contribution in [2.45, 2.75) is 32.4 Å². The van der Waals surface area contributed by atoms with Gasteiger partial charge < -0.3 is 10.1 Å². The fourth-order valence-corrected chi connectivity index (χ4v) is 3.11. The fraction of sp³-hybridized carbons (Fsp3) is 0.474. The van der Waals surface area contributed by atoms with E-state index in [4.69, 9.17) is 4.74 Å². The van der Waals surface area contributed by atoms with Gasteiger partial charge in [-0.15, -0.1) is 0 Å². The van der Waals surface area contributed by atoms with Crippen LogP contribution < -0.4 is 5.32 Å². The van der Waals surface area contributed by atoms with Crippen molar-refractivity contribution < 1.29 is 9.53 Å². The Labute approximate surface area is 148 Å². The van der Waals surface area contributed by atoms with Crippen LogP contribution in [0.25, 0.3) is 0 Å². The van der Waals surface area contributed by atoms with Crippen LogP contribution in [-0.2, 0) is 29.5 Å². The summed E-state index contributed by atoms with van der Waals surface area (Å²) >= 11 is 0. The lowest BCUT2D eigenvalue weighted by Gasteiger charge is -2.32. The van der Waals surface area contributed by atoms with Gasteiger partial charge in [0, 0.05) is 32.7 Å². The van der Waals surface area contributed by atoms with Crippen molar-refractivity contribution in [1.82, 2.24) is 14.7 Å². The molecule has 1 atom stereocenters. The Hall–Kier alpha value is -2.18. The van der Waals surface area contributed by atoms with Crippen LogP contribution in [0.4, 0.5) is 5.82 Å². The van der Waals surface area contributed by atoms with E-state index >= 15 is 0 Å². The van der Waals surface area contributed by atoms with Gasteiger partial charge in [-0.05, 0) is 12.0 Å². The van der Waals surface area contributed by atoms with Gasteiger partial charge in [0.1, 0.15) is 5.82 Å². The average molecular weight is 342 g/mol. The Kier molecular flexibility index (Phi) is 5.83. The summed E-state index contributed by atoms with van der Waals surface area (Å²) in [5.41, 5.74) is 2.26. The molecular weight excluding hydrogens is 316 g/mol. The predicted molar refractivity (Wildman–Crippen MR) is 97.3 cm³/mol. The summed E-state index contributed by atoms with van der Waals surface area (Å²) in [6.07, 6.45) is 1.14. The van der Waals surface area contributed by atoms with Gasteiger partial charge in [0.25, 0.3) is 0 Å². The standard InChI is InChI=1S/C19H26N4O2/c1-3-16-11-18(22(2)21-16)20-19(24)12-17-14-23(9-10-25-17)13-15-7-5-4-6-8-15/h4-8,11,17H,3,9-10,12-14H2,1-2H3,(H,20,24)/t17-/m0/s1. The van der Waals surface area contributed by atoms with Crippen molar-refractivity contribution in [3.63, 3.8) is 0 Å². The topological polar surface area (TPSA) is 59.4 Å². The molecule has 0 spiro atoms. The number of ether oxygens (including phenoxy) is 1. The predicted octanol–water partition coefficient (Wildman–Crippen LogP) is 2.21. The SMILES string of the molecule is CCc1cc(NC(=O)C[C@H]2CN(Cc3ccccc3)CCO2)n(C)n1. The average Bonchev–Trinajstić information content (AvgIpc) is 2.96. The fourth-order valence-electron chi connectivity index (χ4n) is 3.11. The molecule has 1 N–H and O–H groups in total. The zero-order valence-corrected chi connectivity index (χ0v) is 14.9. The van der Waals surface area contributed by atoms with Gasteiger partial charge >= 0.3 is 0 Å². The molecule has 0 unspecified atom stereocenters. The van der Waals surface area contributed by atoms with Gasteiger partial charge in [-0.3, -0.25) is 14.4 Å². The van der Waals surface area contributed by atoms with E-state index in [2.05, 4.69) is 39.6 Å². The monoisotopic (exact) mass is 342 g/mol. The van der Waals surface area contributed by atoms with Gasteiger partial charge in [0.15, 0.2) is 0 Å². The third-order valence-electron chi connectivity index (χ3n) is 4.45. The number of carbonyl (C=O) groups excluding carboxylic acids is 1. The van der Waals surface area contributed by atoms with Crippen LogP contribution >= 0.6 is 0 Å². The maximum atomic E-state index is 12.3. The van der Waals surface area contributed by atoms with E-state index in [-0.39, 0.29) is 12.0 Å². The minimum Gasteiger partial charge on any atom is -0.375 e. The van der Waals surface area contributed by atoms with E-state index < -0.39 is 0 Å². The number of hydrogen-bond donors (Lipinski definition) is 1. The summed E-state index contributed by atoms with van der Waals surface area (Å²) in [4.78, 5) is 14.7. The van der Waals surface area contributed by atoms with E-state index in [1.54, 1.807) is 4.68 Å². The summed E-state index contributed by atoms with van der Waals surface area (Å²) in [5.74, 6) is 0.705. The minimum absolute atomic E-state index is 0.0304. The summed E-state index contributed by atoms with van der Waals surface area (Å²) in [7, 11) is 1.84. The smallest absolute Gasteiger partial charge is 0.228 e. The van der Waals surface area contributed by atoms with E-state index in [1.807, 2.05) is 26.1 Å². The zero-order valence-electron chi connectivity index (χ0n) is 14.9. The quantitative estimate of drug-likeness (QED) is 0.874. The van der Waals surface area contributed by atoms with E-state index in [0.717, 1.165) is 37.6 Å². The number of nitrogens with zero attached hydrogens (tertiary/aromatic N) is 3. The Bertz CT molecular complexity index is 699. The lowest BCUT2D eigenvalue weighted by atomic mass is 10.1. The normalized spacial score (nSPS) is 18.2. The third kappa shape index (κ3) is 4.90. The molecule has 0 aliphatic carbocycles. The van der Waals surface area contributed by atoms with Crippen molar-refractivity contribution in [2.24, 2.45) is 7.05 Å². The van der Waals surface area contributed by atoms with Crippen LogP contribution in [0, 0.1) is 0 Å². The molecule has 2 aromatic rings. The number of aryl methyl sites for hydroxylation is 2. The van der Waals surface area contributed by atoms with Crippen LogP contribution in [0.1, 0.15) is 24.6 Å². The molecule has 3 rings (SSSR count). The molecule has 1 aromatic heterocycles. The molecule has 2 heterocycles. The van der Waals surface area contributed by atoms with Crippen molar-refractivity contribution >= 4 is 11.7 Å². The number of morpholine rings is 1. The number of aromatic nitrogens is 2. The Morgan fingerprint density at radius 1 is 1.36 bits per heavy atom. The number of carbonyl (C=O) groups is 1. The molecule has 1 amide bonds. The molecule has 1 fully saturated rings. The number of amides is 1. The van der Waals surface area contributed by atoms with E-state index in [9.17, 15) is 4.79 Å². The van der Waals surface area contributed by atoms with Gasteiger partial charge in [-0.25, -0.2) is 0 Å². The second kappa shape index (κ2) is 8.27. The lowest BCUT2D eigenvalue weighted by Crippen LogP contribution is -2.43. The van der Waals surface area contributed by atoms with Crippen LogP contribution in [0.2, 0.25) is 0 Å². The summed E-state index contributed by atoms with van der Waals surface area (Å²) < 4.78 is 7.49. The van der Waals surface area contributed by atoms with E-state index in [0.29, 0.717) is 13.0 Å². The van der Waals surface area contributed by atoms with Crippen LogP contribution in [-0.4, -0.2) is 46.4 Å². The maximum absolute atomic E-state index is 12.3. The molecule has 1 aromatic carbocycles. The maximum Gasteiger partial charge on any atom is 0.228 e. The van der Waals surface area contributed by atoms with E-state index in [1.165, 1.54) is 5.56 Å².